The Bertz CT molecular complexity index is 598. The quantitative estimate of drug-likeness (QED) is 0.771. The number of benzene rings is 1. The third-order valence-electron chi connectivity index (χ3n) is 3.02. The van der Waals surface area contributed by atoms with Gasteiger partial charge in [0.1, 0.15) is 6.04 Å². The first-order chi connectivity index (χ1) is 10.1. The highest BCUT2D eigenvalue weighted by molar-refractivity contribution is 5.94. The average molecular weight is 288 g/mol. The summed E-state index contributed by atoms with van der Waals surface area (Å²) in [4.78, 5) is 31.4. The van der Waals surface area contributed by atoms with Crippen molar-refractivity contribution in [2.24, 2.45) is 0 Å². The van der Waals surface area contributed by atoms with Gasteiger partial charge in [0.15, 0.2) is 0 Å². The topological polar surface area (TPSA) is 98.3 Å². The second-order valence-corrected chi connectivity index (χ2v) is 4.52. The molecule has 0 saturated heterocycles. The Labute approximate surface area is 121 Å². The summed E-state index contributed by atoms with van der Waals surface area (Å²) in [7, 11) is 1.58. The van der Waals surface area contributed by atoms with E-state index in [0.717, 1.165) is 0 Å². The fourth-order valence-electron chi connectivity index (χ4n) is 1.83. The Kier molecular flexibility index (Phi) is 4.55. The monoisotopic (exact) mass is 288 g/mol. The molecule has 3 N–H and O–H groups in total. The number of urea groups is 1. The van der Waals surface area contributed by atoms with E-state index >= 15 is 0 Å². The number of nitrogens with zero attached hydrogens (tertiary/aromatic N) is 2. The van der Waals surface area contributed by atoms with Crippen LogP contribution in [0.2, 0.25) is 0 Å². The largest absolute Gasteiger partial charge is 0.480 e. The third kappa shape index (κ3) is 3.82. The van der Waals surface area contributed by atoms with Crippen molar-refractivity contribution in [2.75, 3.05) is 11.9 Å². The van der Waals surface area contributed by atoms with E-state index in [1.807, 2.05) is 6.07 Å². The number of carboxylic acid groups (broad SMARTS) is 1. The fourth-order valence-corrected chi connectivity index (χ4v) is 1.83. The molecule has 2 aromatic rings. The molecule has 1 aromatic heterocycles. The lowest BCUT2D eigenvalue weighted by molar-refractivity contribution is -0.139. The van der Waals surface area contributed by atoms with Gasteiger partial charge in [0.25, 0.3) is 0 Å². The van der Waals surface area contributed by atoms with Gasteiger partial charge in [-0.2, -0.15) is 0 Å². The van der Waals surface area contributed by atoms with Gasteiger partial charge in [0.2, 0.25) is 0 Å². The SMILES string of the molecule is CN(C(=O)N[C@@H](Cc1cnc[nH]1)C(=O)O)c1ccccc1. The number of amides is 2. The number of aromatic amines is 1. The van der Waals surface area contributed by atoms with Gasteiger partial charge in [-0.3, -0.25) is 4.90 Å². The number of H-pyrrole nitrogens is 1. The summed E-state index contributed by atoms with van der Waals surface area (Å²) in [5.74, 6) is -1.10. The molecule has 0 radical (unpaired) electrons. The zero-order valence-corrected chi connectivity index (χ0v) is 11.5. The number of imidazole rings is 1. The number of para-hydroxylation sites is 1. The molecule has 0 bridgehead atoms. The van der Waals surface area contributed by atoms with Crippen molar-refractivity contribution in [3.05, 3.63) is 48.5 Å². The third-order valence-corrected chi connectivity index (χ3v) is 3.02. The molecule has 7 nitrogen and oxygen atoms in total. The Balaban J connectivity index is 2.03. The van der Waals surface area contributed by atoms with Crippen molar-refractivity contribution >= 4 is 17.7 Å². The molecule has 2 amide bonds. The standard InChI is InChI=1S/C14H16N4O3/c1-18(11-5-3-2-4-6-11)14(21)17-12(13(19)20)7-10-8-15-9-16-10/h2-6,8-9,12H,7H2,1H3,(H,15,16)(H,17,21)(H,19,20)/t12-/m0/s1. The first-order valence-electron chi connectivity index (χ1n) is 6.37. The molecule has 21 heavy (non-hydrogen) atoms. The number of carboxylic acids is 1. The Hall–Kier alpha value is -2.83. The van der Waals surface area contributed by atoms with Crippen LogP contribution in [0.3, 0.4) is 0 Å². The zero-order chi connectivity index (χ0) is 15.2. The molecule has 0 fully saturated rings. The molecule has 0 unspecified atom stereocenters. The minimum absolute atomic E-state index is 0.143. The van der Waals surface area contributed by atoms with E-state index in [0.29, 0.717) is 11.4 Å². The summed E-state index contributed by atoms with van der Waals surface area (Å²) >= 11 is 0. The summed E-state index contributed by atoms with van der Waals surface area (Å²) in [6.45, 7) is 0. The molecule has 0 aliphatic rings. The molecule has 2 rings (SSSR count). The summed E-state index contributed by atoms with van der Waals surface area (Å²) in [5.41, 5.74) is 1.32. The first-order valence-corrected chi connectivity index (χ1v) is 6.37. The number of carbonyl (C=O) groups is 2. The normalized spacial score (nSPS) is 11.7. The lowest BCUT2D eigenvalue weighted by Crippen LogP contribution is -2.47. The van der Waals surface area contributed by atoms with E-state index in [9.17, 15) is 14.7 Å². The number of hydrogen-bond donors (Lipinski definition) is 3. The summed E-state index contributed by atoms with van der Waals surface area (Å²) in [5, 5.41) is 11.7. The van der Waals surface area contributed by atoms with E-state index in [-0.39, 0.29) is 6.42 Å². The molecular formula is C14H16N4O3. The summed E-state index contributed by atoms with van der Waals surface area (Å²) < 4.78 is 0. The van der Waals surface area contributed by atoms with Crippen molar-refractivity contribution in [3.8, 4) is 0 Å². The molecule has 0 saturated carbocycles. The van der Waals surface area contributed by atoms with E-state index in [4.69, 9.17) is 0 Å². The van der Waals surface area contributed by atoms with Crippen LogP contribution in [0.25, 0.3) is 0 Å². The van der Waals surface area contributed by atoms with Crippen LogP contribution in [-0.2, 0) is 11.2 Å². The van der Waals surface area contributed by atoms with Gasteiger partial charge in [-0.25, -0.2) is 14.6 Å². The van der Waals surface area contributed by atoms with Crippen LogP contribution in [0.5, 0.6) is 0 Å². The molecule has 7 heteroatoms. The second kappa shape index (κ2) is 6.56. The van der Waals surface area contributed by atoms with Crippen molar-refractivity contribution in [1.82, 2.24) is 15.3 Å². The maximum absolute atomic E-state index is 12.1. The Morgan fingerprint density at radius 3 is 2.67 bits per heavy atom. The highest BCUT2D eigenvalue weighted by Gasteiger charge is 2.23. The molecule has 0 spiro atoms. The van der Waals surface area contributed by atoms with E-state index < -0.39 is 18.0 Å². The Morgan fingerprint density at radius 1 is 1.38 bits per heavy atom. The van der Waals surface area contributed by atoms with E-state index in [1.54, 1.807) is 31.3 Å². The van der Waals surface area contributed by atoms with Gasteiger partial charge in [-0.15, -0.1) is 0 Å². The van der Waals surface area contributed by atoms with Crippen molar-refractivity contribution in [3.63, 3.8) is 0 Å². The number of hydrogen-bond acceptors (Lipinski definition) is 3. The van der Waals surface area contributed by atoms with Crippen molar-refractivity contribution in [1.29, 1.82) is 0 Å². The van der Waals surface area contributed by atoms with E-state index in [2.05, 4.69) is 15.3 Å². The van der Waals surface area contributed by atoms with Crippen molar-refractivity contribution in [2.45, 2.75) is 12.5 Å². The van der Waals surface area contributed by atoms with Crippen LogP contribution in [-0.4, -0.2) is 40.2 Å². The minimum atomic E-state index is -1.10. The number of carbonyl (C=O) groups excluding carboxylic acids is 1. The predicted octanol–water partition coefficient (Wildman–Crippen LogP) is 1.25. The molecule has 0 aliphatic carbocycles. The van der Waals surface area contributed by atoms with Crippen molar-refractivity contribution < 1.29 is 14.7 Å². The van der Waals surface area contributed by atoms with Gasteiger partial charge in [-0.1, -0.05) is 18.2 Å². The average Bonchev–Trinajstić information content (AvgIpc) is 2.99. The molecule has 1 aromatic carbocycles. The molecule has 1 heterocycles. The van der Waals surface area contributed by atoms with E-state index in [1.165, 1.54) is 17.4 Å². The van der Waals surface area contributed by atoms with Gasteiger partial charge >= 0.3 is 12.0 Å². The van der Waals surface area contributed by atoms with Gasteiger partial charge in [-0.05, 0) is 12.1 Å². The van der Waals surface area contributed by atoms with Gasteiger partial charge in [0, 0.05) is 31.0 Å². The van der Waals surface area contributed by atoms with Gasteiger partial charge in [0.05, 0.1) is 6.33 Å². The lowest BCUT2D eigenvalue weighted by Gasteiger charge is -2.21. The first kappa shape index (κ1) is 14.6. The molecule has 1 atom stereocenters. The van der Waals surface area contributed by atoms with Crippen LogP contribution >= 0.6 is 0 Å². The predicted molar refractivity (Wildman–Crippen MR) is 77.1 cm³/mol. The maximum atomic E-state index is 12.1. The smallest absolute Gasteiger partial charge is 0.326 e. The van der Waals surface area contributed by atoms with Gasteiger partial charge < -0.3 is 15.4 Å². The Morgan fingerprint density at radius 2 is 2.10 bits per heavy atom. The minimum Gasteiger partial charge on any atom is -0.480 e. The number of anilines is 1. The van der Waals surface area contributed by atoms with Crippen LogP contribution in [0, 0.1) is 0 Å². The lowest BCUT2D eigenvalue weighted by atomic mass is 10.1. The second-order valence-electron chi connectivity index (χ2n) is 4.52. The number of rotatable bonds is 5. The highest BCUT2D eigenvalue weighted by Crippen LogP contribution is 2.11. The number of aromatic nitrogens is 2. The summed E-state index contributed by atoms with van der Waals surface area (Å²) in [6, 6.07) is 7.48. The van der Waals surface area contributed by atoms with Crippen LogP contribution in [0.15, 0.2) is 42.9 Å². The van der Waals surface area contributed by atoms with Crippen LogP contribution < -0.4 is 10.2 Å². The number of aliphatic carboxylic acids is 1. The van der Waals surface area contributed by atoms with Crippen LogP contribution in [0.1, 0.15) is 5.69 Å². The summed E-state index contributed by atoms with van der Waals surface area (Å²) in [6.07, 6.45) is 3.14. The molecule has 110 valence electrons. The zero-order valence-electron chi connectivity index (χ0n) is 11.5. The maximum Gasteiger partial charge on any atom is 0.326 e. The number of nitrogens with one attached hydrogen (secondary N) is 2. The molecular weight excluding hydrogens is 272 g/mol. The molecule has 0 aliphatic heterocycles. The van der Waals surface area contributed by atoms with Crippen LogP contribution in [0.4, 0.5) is 10.5 Å². The highest BCUT2D eigenvalue weighted by atomic mass is 16.4. The fraction of sp³-hybridized carbons (Fsp3) is 0.214.